The van der Waals surface area contributed by atoms with Crippen LogP contribution in [0.1, 0.15) is 22.8 Å². The molecule has 0 spiro atoms. The number of ketones is 1. The Kier molecular flexibility index (Phi) is 5.06. The highest BCUT2D eigenvalue weighted by atomic mass is 19.1. The maximum atomic E-state index is 13.2. The van der Waals surface area contributed by atoms with Crippen LogP contribution in [0, 0.1) is 5.82 Å². The predicted molar refractivity (Wildman–Crippen MR) is 79.8 cm³/mol. The minimum absolute atomic E-state index is 0.0292. The zero-order chi connectivity index (χ0) is 15.2. The van der Waals surface area contributed by atoms with Gasteiger partial charge in [-0.2, -0.15) is 0 Å². The van der Waals surface area contributed by atoms with E-state index in [0.717, 1.165) is 17.7 Å². The third-order valence-corrected chi connectivity index (χ3v) is 3.32. The van der Waals surface area contributed by atoms with E-state index in [1.165, 1.54) is 6.07 Å². The van der Waals surface area contributed by atoms with Crippen LogP contribution in [0.2, 0.25) is 0 Å². The van der Waals surface area contributed by atoms with E-state index in [9.17, 15) is 14.3 Å². The third-order valence-electron chi connectivity index (χ3n) is 3.32. The van der Waals surface area contributed by atoms with Crippen molar-refractivity contribution < 1.29 is 14.3 Å². The van der Waals surface area contributed by atoms with E-state index < -0.39 is 5.82 Å². The van der Waals surface area contributed by atoms with Gasteiger partial charge in [-0.3, -0.25) is 9.69 Å². The minimum atomic E-state index is -0.526. The van der Waals surface area contributed by atoms with Crippen molar-refractivity contribution in [3.05, 3.63) is 65.5 Å². The molecule has 110 valence electrons. The highest BCUT2D eigenvalue weighted by Gasteiger charge is 2.15. The lowest BCUT2D eigenvalue weighted by atomic mass is 10.1. The molecule has 4 heteroatoms. The fourth-order valence-electron chi connectivity index (χ4n) is 2.14. The van der Waals surface area contributed by atoms with Crippen LogP contribution < -0.4 is 0 Å². The van der Waals surface area contributed by atoms with Gasteiger partial charge in [0.1, 0.15) is 11.6 Å². The summed E-state index contributed by atoms with van der Waals surface area (Å²) in [6.45, 7) is 3.43. The van der Waals surface area contributed by atoms with Gasteiger partial charge in [-0.15, -0.1) is 0 Å². The van der Waals surface area contributed by atoms with Crippen LogP contribution in [-0.2, 0) is 6.54 Å². The number of rotatable bonds is 6. The van der Waals surface area contributed by atoms with Crippen molar-refractivity contribution >= 4 is 5.78 Å². The first-order chi connectivity index (χ1) is 10.1. The SMILES string of the molecule is CCN(CC(=O)c1cc(F)ccc1O)Cc1ccccc1. The molecule has 0 heterocycles. The second kappa shape index (κ2) is 6.99. The minimum Gasteiger partial charge on any atom is -0.507 e. The first-order valence-corrected chi connectivity index (χ1v) is 6.88. The standard InChI is InChI=1S/C17H18FNO2/c1-2-19(11-13-6-4-3-5-7-13)12-17(21)15-10-14(18)8-9-16(15)20/h3-10,20H,2,11-12H2,1H3. The van der Waals surface area contributed by atoms with Crippen molar-refractivity contribution in [1.29, 1.82) is 0 Å². The average molecular weight is 287 g/mol. The van der Waals surface area contributed by atoms with E-state index in [0.29, 0.717) is 13.1 Å². The van der Waals surface area contributed by atoms with Crippen LogP contribution >= 0.6 is 0 Å². The number of phenolic OH excluding ortho intramolecular Hbond substituents is 1. The second-order valence-electron chi connectivity index (χ2n) is 4.87. The number of hydrogen-bond donors (Lipinski definition) is 1. The molecule has 0 aliphatic carbocycles. The largest absolute Gasteiger partial charge is 0.507 e. The van der Waals surface area contributed by atoms with Crippen molar-refractivity contribution in [1.82, 2.24) is 4.90 Å². The van der Waals surface area contributed by atoms with Gasteiger partial charge < -0.3 is 5.11 Å². The fraction of sp³-hybridized carbons (Fsp3) is 0.235. The Hall–Kier alpha value is -2.20. The molecule has 0 amide bonds. The molecule has 21 heavy (non-hydrogen) atoms. The van der Waals surface area contributed by atoms with Crippen LogP contribution in [0.4, 0.5) is 4.39 Å². The summed E-state index contributed by atoms with van der Waals surface area (Å²) in [4.78, 5) is 14.2. The van der Waals surface area contributed by atoms with Gasteiger partial charge in [0.05, 0.1) is 12.1 Å². The first-order valence-electron chi connectivity index (χ1n) is 6.88. The molecular weight excluding hydrogens is 269 g/mol. The summed E-state index contributed by atoms with van der Waals surface area (Å²) in [5, 5.41) is 9.67. The Morgan fingerprint density at radius 1 is 1.19 bits per heavy atom. The van der Waals surface area contributed by atoms with Gasteiger partial charge >= 0.3 is 0 Å². The third kappa shape index (κ3) is 4.13. The number of aromatic hydroxyl groups is 1. The maximum absolute atomic E-state index is 13.2. The molecule has 2 aromatic rings. The Morgan fingerprint density at radius 3 is 2.57 bits per heavy atom. The zero-order valence-corrected chi connectivity index (χ0v) is 11.9. The lowest BCUT2D eigenvalue weighted by Crippen LogP contribution is -2.29. The number of phenols is 1. The van der Waals surface area contributed by atoms with Gasteiger partial charge in [0.25, 0.3) is 0 Å². The monoisotopic (exact) mass is 287 g/mol. The Morgan fingerprint density at radius 2 is 1.90 bits per heavy atom. The maximum Gasteiger partial charge on any atom is 0.180 e. The Labute approximate surface area is 123 Å². The molecular formula is C17H18FNO2. The molecule has 0 unspecified atom stereocenters. The summed E-state index contributed by atoms with van der Waals surface area (Å²) >= 11 is 0. The highest BCUT2D eigenvalue weighted by Crippen LogP contribution is 2.19. The molecule has 0 atom stereocenters. The lowest BCUT2D eigenvalue weighted by Gasteiger charge is -2.19. The number of carbonyl (C=O) groups excluding carboxylic acids is 1. The number of Topliss-reactive ketones (excluding diaryl/α,β-unsaturated/α-hetero) is 1. The molecule has 0 saturated heterocycles. The van der Waals surface area contributed by atoms with Gasteiger partial charge in [-0.1, -0.05) is 37.3 Å². The van der Waals surface area contributed by atoms with Gasteiger partial charge in [0.15, 0.2) is 5.78 Å². The Bertz CT molecular complexity index is 613. The number of nitrogens with zero attached hydrogens (tertiary/aromatic N) is 1. The van der Waals surface area contributed by atoms with Gasteiger partial charge in [-0.05, 0) is 30.3 Å². The van der Waals surface area contributed by atoms with Crippen LogP contribution in [-0.4, -0.2) is 28.9 Å². The summed E-state index contributed by atoms with van der Waals surface area (Å²) in [6, 6.07) is 13.2. The molecule has 0 radical (unpaired) electrons. The number of benzene rings is 2. The van der Waals surface area contributed by atoms with Crippen LogP contribution in [0.15, 0.2) is 48.5 Å². The highest BCUT2D eigenvalue weighted by molar-refractivity contribution is 6.00. The average Bonchev–Trinajstić information content (AvgIpc) is 2.50. The van der Waals surface area contributed by atoms with E-state index in [4.69, 9.17) is 0 Å². The molecule has 1 N–H and O–H groups in total. The van der Waals surface area contributed by atoms with Crippen molar-refractivity contribution in [2.24, 2.45) is 0 Å². The van der Waals surface area contributed by atoms with Gasteiger partial charge in [0.2, 0.25) is 0 Å². The van der Waals surface area contributed by atoms with Crippen molar-refractivity contribution in [2.45, 2.75) is 13.5 Å². The van der Waals surface area contributed by atoms with E-state index in [1.807, 2.05) is 42.2 Å². The fourth-order valence-corrected chi connectivity index (χ4v) is 2.14. The van der Waals surface area contributed by atoms with E-state index in [-0.39, 0.29) is 23.6 Å². The van der Waals surface area contributed by atoms with Crippen LogP contribution in [0.3, 0.4) is 0 Å². The molecule has 3 nitrogen and oxygen atoms in total. The number of halogens is 1. The molecule has 0 saturated carbocycles. The number of hydrogen-bond acceptors (Lipinski definition) is 3. The Balaban J connectivity index is 2.07. The summed E-state index contributed by atoms with van der Waals surface area (Å²) in [5.41, 5.74) is 1.14. The molecule has 0 bridgehead atoms. The predicted octanol–water partition coefficient (Wildman–Crippen LogP) is 3.24. The van der Waals surface area contributed by atoms with Crippen LogP contribution in [0.5, 0.6) is 5.75 Å². The van der Waals surface area contributed by atoms with E-state index in [2.05, 4.69) is 0 Å². The van der Waals surface area contributed by atoms with Gasteiger partial charge in [0, 0.05) is 6.54 Å². The molecule has 0 aromatic heterocycles. The van der Waals surface area contributed by atoms with Crippen molar-refractivity contribution in [3.8, 4) is 5.75 Å². The van der Waals surface area contributed by atoms with Crippen molar-refractivity contribution in [3.63, 3.8) is 0 Å². The topological polar surface area (TPSA) is 40.5 Å². The number of carbonyl (C=O) groups is 1. The van der Waals surface area contributed by atoms with Crippen LogP contribution in [0.25, 0.3) is 0 Å². The summed E-state index contributed by atoms with van der Waals surface area (Å²) in [6.07, 6.45) is 0. The van der Waals surface area contributed by atoms with E-state index in [1.54, 1.807) is 0 Å². The summed E-state index contributed by atoms with van der Waals surface area (Å²) in [5.74, 6) is -0.996. The second-order valence-corrected chi connectivity index (χ2v) is 4.87. The van der Waals surface area contributed by atoms with E-state index >= 15 is 0 Å². The zero-order valence-electron chi connectivity index (χ0n) is 11.9. The van der Waals surface area contributed by atoms with Crippen molar-refractivity contribution in [2.75, 3.05) is 13.1 Å². The molecule has 2 aromatic carbocycles. The summed E-state index contributed by atoms with van der Waals surface area (Å²) in [7, 11) is 0. The number of likely N-dealkylation sites (N-methyl/N-ethyl adjacent to an activating group) is 1. The quantitative estimate of drug-likeness (QED) is 0.829. The molecule has 0 aliphatic rings. The lowest BCUT2D eigenvalue weighted by molar-refractivity contribution is 0.0926. The molecule has 0 aliphatic heterocycles. The molecule has 0 fully saturated rings. The summed E-state index contributed by atoms with van der Waals surface area (Å²) < 4.78 is 13.2. The first kappa shape index (κ1) is 15.2. The smallest absolute Gasteiger partial charge is 0.180 e. The molecule has 2 rings (SSSR count). The normalized spacial score (nSPS) is 10.8. The van der Waals surface area contributed by atoms with Gasteiger partial charge in [-0.25, -0.2) is 4.39 Å².